The lowest BCUT2D eigenvalue weighted by Crippen LogP contribution is -2.56. The molecule has 0 bridgehead atoms. The molecule has 3 aromatic rings. The number of carbonyl (C=O) groups is 4. The molecule has 3 fully saturated rings. The van der Waals surface area contributed by atoms with Crippen molar-refractivity contribution in [2.24, 2.45) is 18.9 Å². The molecular formula is C34H41N7O6S. The van der Waals surface area contributed by atoms with E-state index in [4.69, 9.17) is 14.5 Å². The molecule has 0 aromatic carbocycles. The van der Waals surface area contributed by atoms with Crippen LogP contribution in [0.3, 0.4) is 0 Å². The summed E-state index contributed by atoms with van der Waals surface area (Å²) in [6.45, 7) is 0.106. The lowest BCUT2D eigenvalue weighted by molar-refractivity contribution is -0.148. The zero-order chi connectivity index (χ0) is 33.4. The third-order valence-corrected chi connectivity index (χ3v) is 10.8. The van der Waals surface area contributed by atoms with Gasteiger partial charge in [-0.2, -0.15) is 4.98 Å². The van der Waals surface area contributed by atoms with Crippen molar-refractivity contribution in [3.63, 3.8) is 0 Å². The van der Waals surface area contributed by atoms with Crippen LogP contribution in [0.2, 0.25) is 0 Å². The van der Waals surface area contributed by atoms with E-state index in [9.17, 15) is 19.2 Å². The highest BCUT2D eigenvalue weighted by molar-refractivity contribution is 7.17. The molecule has 3 aromatic heterocycles. The minimum absolute atomic E-state index is 0.106. The molecule has 2 aliphatic heterocycles. The van der Waals surface area contributed by atoms with E-state index in [0.29, 0.717) is 48.2 Å². The highest BCUT2D eigenvalue weighted by atomic mass is 32.1. The van der Waals surface area contributed by atoms with Crippen LogP contribution in [0.5, 0.6) is 5.88 Å². The zero-order valence-corrected chi connectivity index (χ0v) is 28.0. The van der Waals surface area contributed by atoms with Crippen LogP contribution in [0, 0.1) is 11.8 Å². The number of fused-ring (bicyclic) bond motifs is 3. The Hall–Kier alpha value is -4.33. The van der Waals surface area contributed by atoms with Gasteiger partial charge < -0.3 is 29.6 Å². The van der Waals surface area contributed by atoms with E-state index in [1.54, 1.807) is 6.20 Å². The Kier molecular flexibility index (Phi) is 8.92. The largest absolute Gasteiger partial charge is 0.471 e. The van der Waals surface area contributed by atoms with E-state index in [1.165, 1.54) is 23.3 Å². The van der Waals surface area contributed by atoms with Gasteiger partial charge in [-0.1, -0.05) is 25.0 Å². The van der Waals surface area contributed by atoms with Gasteiger partial charge in [0.1, 0.15) is 28.4 Å². The molecule has 254 valence electrons. The van der Waals surface area contributed by atoms with E-state index in [-0.39, 0.29) is 30.7 Å². The standard InChI is InChI=1S/C34H41N7O6S/c1-40-14-13-35-29(40)28-37-23-12-15-48-27(23)31(38-28)47-22-17-25-30(43)39-34(33(45)46-2)18-21(34)8-6-4-3-5-7-9-24(32(44)41(25)19-22)36-26(42)16-20-10-11-20/h6,8,12-15,20-22,24-25H,3-5,7,9-11,16-19H2,1-2H3,(H,36,42)(H,39,43)/b8-6-/t21-,22-,24+,25+,34-/m1/s1. The first-order valence-corrected chi connectivity index (χ1v) is 17.7. The molecule has 0 unspecified atom stereocenters. The van der Waals surface area contributed by atoms with E-state index < -0.39 is 35.6 Å². The van der Waals surface area contributed by atoms with Gasteiger partial charge in [0, 0.05) is 38.2 Å². The van der Waals surface area contributed by atoms with Crippen LogP contribution < -0.4 is 15.4 Å². The number of hydrogen-bond acceptors (Lipinski definition) is 10. The molecule has 0 spiro atoms. The van der Waals surface area contributed by atoms with E-state index in [1.807, 2.05) is 35.3 Å². The molecule has 4 aliphatic rings. The fourth-order valence-corrected chi connectivity index (χ4v) is 7.67. The lowest BCUT2D eigenvalue weighted by atomic mass is 10.0. The average molecular weight is 676 g/mol. The predicted molar refractivity (Wildman–Crippen MR) is 177 cm³/mol. The van der Waals surface area contributed by atoms with Crippen molar-refractivity contribution < 1.29 is 28.7 Å². The van der Waals surface area contributed by atoms with E-state index in [2.05, 4.69) is 26.7 Å². The SMILES string of the molecule is COC(=O)[C@@]12C[C@H]1/C=C\CCCCC[C@H](NC(=O)CC1CC1)C(=O)N1C[C@H](Oc3nc(-c4nccn4C)nc4ccsc34)C[C@H]1C(=O)N2. The monoisotopic (exact) mass is 675 g/mol. The Morgan fingerprint density at radius 3 is 2.79 bits per heavy atom. The van der Waals surface area contributed by atoms with E-state index in [0.717, 1.165) is 43.2 Å². The van der Waals surface area contributed by atoms with Crippen LogP contribution in [0.25, 0.3) is 21.9 Å². The summed E-state index contributed by atoms with van der Waals surface area (Å²) < 4.78 is 14.2. The number of imidazole rings is 1. The molecule has 13 nitrogen and oxygen atoms in total. The van der Waals surface area contributed by atoms with Gasteiger partial charge in [0.05, 0.1) is 19.2 Å². The second-order valence-corrected chi connectivity index (χ2v) is 14.3. The molecule has 14 heteroatoms. The fraction of sp³-hybridized carbons (Fsp3) is 0.559. The average Bonchev–Trinajstić information content (AvgIpc) is 3.79. The maximum absolute atomic E-state index is 14.4. The van der Waals surface area contributed by atoms with Crippen molar-refractivity contribution in [1.29, 1.82) is 0 Å². The Bertz CT molecular complexity index is 1750. The molecule has 5 heterocycles. The van der Waals surface area contributed by atoms with Crippen molar-refractivity contribution in [2.45, 2.75) is 87.9 Å². The molecule has 2 aliphatic carbocycles. The van der Waals surface area contributed by atoms with Crippen molar-refractivity contribution in [3.05, 3.63) is 36.0 Å². The van der Waals surface area contributed by atoms with Gasteiger partial charge in [-0.3, -0.25) is 14.4 Å². The number of methoxy groups -OCH3 is 1. The fourth-order valence-electron chi connectivity index (χ4n) is 6.91. The minimum atomic E-state index is -1.18. The number of amides is 3. The lowest BCUT2D eigenvalue weighted by Gasteiger charge is -2.29. The van der Waals surface area contributed by atoms with Crippen molar-refractivity contribution in [2.75, 3.05) is 13.7 Å². The number of ether oxygens (including phenoxy) is 2. The van der Waals surface area contributed by atoms with E-state index >= 15 is 0 Å². The molecular weight excluding hydrogens is 634 g/mol. The van der Waals surface area contributed by atoms with Crippen LogP contribution >= 0.6 is 11.3 Å². The summed E-state index contributed by atoms with van der Waals surface area (Å²) in [5.74, 6) is 0.0799. The Balaban J connectivity index is 1.19. The molecule has 7 rings (SSSR count). The first-order valence-electron chi connectivity index (χ1n) is 16.8. The first kappa shape index (κ1) is 32.2. The van der Waals surface area contributed by atoms with Gasteiger partial charge in [0.15, 0.2) is 11.6 Å². The highest BCUT2D eigenvalue weighted by Crippen LogP contribution is 2.46. The molecule has 1 saturated heterocycles. The van der Waals surface area contributed by atoms with Crippen molar-refractivity contribution >= 4 is 45.2 Å². The van der Waals surface area contributed by atoms with Crippen molar-refractivity contribution in [3.8, 4) is 17.5 Å². The number of hydrogen-bond donors (Lipinski definition) is 2. The number of nitrogens with one attached hydrogen (secondary N) is 2. The molecule has 48 heavy (non-hydrogen) atoms. The summed E-state index contributed by atoms with van der Waals surface area (Å²) in [4.78, 5) is 69.8. The Morgan fingerprint density at radius 2 is 2.02 bits per heavy atom. The number of carbonyl (C=O) groups excluding carboxylic acids is 4. The molecule has 0 radical (unpaired) electrons. The normalized spacial score (nSPS) is 28.4. The number of aryl methyl sites for hydroxylation is 1. The number of rotatable bonds is 7. The third-order valence-electron chi connectivity index (χ3n) is 9.87. The van der Waals surface area contributed by atoms with Crippen LogP contribution in [-0.2, 0) is 31.0 Å². The zero-order valence-electron chi connectivity index (χ0n) is 27.2. The third kappa shape index (κ3) is 6.54. The Labute approximate surface area is 282 Å². The predicted octanol–water partition coefficient (Wildman–Crippen LogP) is 3.29. The number of allylic oxidation sites excluding steroid dienone is 1. The quantitative estimate of drug-likeness (QED) is 0.283. The second kappa shape index (κ2) is 13.3. The summed E-state index contributed by atoms with van der Waals surface area (Å²) >= 11 is 1.44. The summed E-state index contributed by atoms with van der Waals surface area (Å²) in [6, 6.07) is 0.183. The second-order valence-electron chi connectivity index (χ2n) is 13.4. The summed E-state index contributed by atoms with van der Waals surface area (Å²) in [7, 11) is 3.17. The maximum Gasteiger partial charge on any atom is 0.332 e. The van der Waals surface area contributed by atoms with Crippen LogP contribution in [0.1, 0.15) is 64.2 Å². The number of aromatic nitrogens is 4. The van der Waals surface area contributed by atoms with Crippen LogP contribution in [0.15, 0.2) is 36.0 Å². The minimum Gasteiger partial charge on any atom is -0.471 e. The summed E-state index contributed by atoms with van der Waals surface area (Å²) in [6.07, 6.45) is 13.8. The topological polar surface area (TPSA) is 158 Å². The number of nitrogens with zero attached hydrogens (tertiary/aromatic N) is 5. The maximum atomic E-state index is 14.4. The van der Waals surface area contributed by atoms with Gasteiger partial charge in [-0.15, -0.1) is 11.3 Å². The smallest absolute Gasteiger partial charge is 0.332 e. The van der Waals surface area contributed by atoms with Gasteiger partial charge in [-0.25, -0.2) is 14.8 Å². The van der Waals surface area contributed by atoms with Gasteiger partial charge in [0.25, 0.3) is 0 Å². The molecule has 2 saturated carbocycles. The van der Waals surface area contributed by atoms with Gasteiger partial charge in [0.2, 0.25) is 23.6 Å². The van der Waals surface area contributed by atoms with Gasteiger partial charge >= 0.3 is 5.97 Å². The number of thiophene rings is 1. The van der Waals surface area contributed by atoms with Gasteiger partial charge in [-0.05, 0) is 55.9 Å². The number of esters is 1. The van der Waals surface area contributed by atoms with Crippen LogP contribution in [0.4, 0.5) is 0 Å². The summed E-state index contributed by atoms with van der Waals surface area (Å²) in [5.41, 5.74) is -0.475. The van der Waals surface area contributed by atoms with Crippen molar-refractivity contribution in [1.82, 2.24) is 35.1 Å². The molecule has 5 atom stereocenters. The first-order chi connectivity index (χ1) is 23.3. The summed E-state index contributed by atoms with van der Waals surface area (Å²) in [5, 5.41) is 7.89. The Morgan fingerprint density at radius 1 is 1.17 bits per heavy atom. The molecule has 2 N–H and O–H groups in total. The molecule has 3 amide bonds. The van der Waals surface area contributed by atoms with Crippen LogP contribution in [-0.4, -0.2) is 85.5 Å². The highest BCUT2D eigenvalue weighted by Gasteiger charge is 2.62.